The zero-order chi connectivity index (χ0) is 10.7. The molecule has 1 aromatic carbocycles. The maximum absolute atomic E-state index is 5.50. The van der Waals surface area contributed by atoms with Crippen LogP contribution in [0.2, 0.25) is 0 Å². The van der Waals surface area contributed by atoms with Crippen LogP contribution in [0.25, 0.3) is 10.9 Å². The lowest BCUT2D eigenvalue weighted by molar-refractivity contribution is 0.485. The summed E-state index contributed by atoms with van der Waals surface area (Å²) < 4.78 is 10.4. The van der Waals surface area contributed by atoms with Gasteiger partial charge in [0.1, 0.15) is 11.3 Å². The van der Waals surface area contributed by atoms with Gasteiger partial charge in [0.2, 0.25) is 0 Å². The van der Waals surface area contributed by atoms with E-state index in [9.17, 15) is 0 Å². The number of hydrogen-bond donors (Lipinski definition) is 0. The maximum Gasteiger partial charge on any atom is 0.740 e. The fourth-order valence-electron chi connectivity index (χ4n) is 1.39. The summed E-state index contributed by atoms with van der Waals surface area (Å²) >= 11 is 1.70. The van der Waals surface area contributed by atoms with E-state index in [-0.39, 0.29) is 0 Å². The van der Waals surface area contributed by atoms with Crippen molar-refractivity contribution in [2.75, 3.05) is 0 Å². The van der Waals surface area contributed by atoms with Crippen molar-refractivity contribution in [1.82, 2.24) is 4.98 Å². The highest BCUT2D eigenvalue weighted by atomic mass is 27.2. The van der Waals surface area contributed by atoms with Gasteiger partial charge in [0, 0.05) is 11.1 Å². The Balaban J connectivity index is 2.48. The Hall–Kier alpha value is -0.545. The van der Waals surface area contributed by atoms with Gasteiger partial charge in [-0.05, 0) is 19.1 Å². The van der Waals surface area contributed by atoms with Gasteiger partial charge in [-0.25, -0.2) is 4.98 Å². The van der Waals surface area contributed by atoms with E-state index in [2.05, 4.69) is 21.6 Å². The summed E-state index contributed by atoms with van der Waals surface area (Å²) in [6, 6.07) is 9.92. The van der Waals surface area contributed by atoms with Crippen LogP contribution in [0.5, 0.6) is 5.75 Å². The predicted molar refractivity (Wildman–Crippen MR) is 59.7 cm³/mol. The second kappa shape index (κ2) is 4.99. The van der Waals surface area contributed by atoms with Crippen LogP contribution in [0.4, 0.5) is 0 Å². The number of pyridine rings is 1. The molecule has 0 aliphatic carbocycles. The number of aromatic nitrogens is 1. The normalized spacial score (nSPS) is 10.2. The molecule has 2 rings (SSSR count). The van der Waals surface area contributed by atoms with Gasteiger partial charge >= 0.3 is 32.5 Å². The van der Waals surface area contributed by atoms with Gasteiger partial charge in [0.05, 0.1) is 0 Å². The first-order chi connectivity index (χ1) is 7.31. The molecule has 0 fully saturated rings. The van der Waals surface area contributed by atoms with Crippen molar-refractivity contribution in [2.24, 2.45) is 0 Å². The highest BCUT2D eigenvalue weighted by Crippen LogP contribution is 2.23. The van der Waals surface area contributed by atoms with Crippen molar-refractivity contribution in [3.05, 3.63) is 36.0 Å². The molecule has 0 unspecified atom stereocenters. The Labute approximate surface area is 104 Å². The molecule has 1 aromatic heterocycles. The highest BCUT2D eigenvalue weighted by Gasteiger charge is 2.04. The number of fused-ring (bicyclic) bond motifs is 1. The lowest BCUT2D eigenvalue weighted by atomic mass is 10.2. The molecule has 2 aromatic rings. The molecule has 0 saturated heterocycles. The molecule has 3 nitrogen and oxygen atoms in total. The Morgan fingerprint density at radius 1 is 1.27 bits per heavy atom. The fraction of sp³-hybridized carbons (Fsp3) is 0.100. The summed E-state index contributed by atoms with van der Waals surface area (Å²) in [4.78, 5) is 4.45. The molecule has 5 heteroatoms. The van der Waals surface area contributed by atoms with E-state index >= 15 is 0 Å². The quantitative estimate of drug-likeness (QED) is 0.747. The minimum atomic E-state index is -0.489. The molecule has 3 radical (unpaired) electrons. The van der Waals surface area contributed by atoms with Crippen LogP contribution in [0.3, 0.4) is 0 Å². The van der Waals surface area contributed by atoms with E-state index in [4.69, 9.17) is 6.63 Å². The first kappa shape index (κ1) is 11.0. The van der Waals surface area contributed by atoms with Crippen molar-refractivity contribution in [3.63, 3.8) is 0 Å². The van der Waals surface area contributed by atoms with E-state index < -0.39 is 15.9 Å². The van der Waals surface area contributed by atoms with Gasteiger partial charge < -0.3 is 6.63 Å². The van der Waals surface area contributed by atoms with Crippen LogP contribution < -0.4 is 3.79 Å². The average Bonchev–Trinajstić information content (AvgIpc) is 2.26. The number of aryl methyl sites for hydroxylation is 1. The van der Waals surface area contributed by atoms with Gasteiger partial charge in [-0.15, -0.1) is 0 Å². The largest absolute Gasteiger partial charge is 0.740 e. The zero-order valence-corrected chi connectivity index (χ0v) is 10.6. The lowest BCUT2D eigenvalue weighted by Crippen LogP contribution is -2.05. The summed E-state index contributed by atoms with van der Waals surface area (Å²) in [5.41, 5.74) is 1.88. The third-order valence-corrected chi connectivity index (χ3v) is 2.85. The van der Waals surface area contributed by atoms with Crippen molar-refractivity contribution < 1.29 is 6.63 Å². The fourth-order valence-corrected chi connectivity index (χ4v) is 1.91. The Morgan fingerprint density at radius 3 is 2.93 bits per heavy atom. The van der Waals surface area contributed by atoms with E-state index in [1.807, 2.05) is 37.3 Å². The summed E-state index contributed by atoms with van der Waals surface area (Å²) in [5, 5.41) is 1.08. The number of para-hydroxylation sites is 1. The highest BCUT2D eigenvalue weighted by molar-refractivity contribution is 6.28. The smallest absolute Gasteiger partial charge is 0.626 e. The zero-order valence-electron chi connectivity index (χ0n) is 8.31. The summed E-state index contributed by atoms with van der Waals surface area (Å²) in [7, 11) is 0. The standard InChI is InChI=1S/C10H9NO.2Al.O/c1-7-5-6-8-3-2-4-9(12)10(8)11-7;;;/h2-6,12H,1H3;;;/q;;+1;/p-1. The summed E-state index contributed by atoms with van der Waals surface area (Å²) in [6.07, 6.45) is 0. The van der Waals surface area contributed by atoms with Crippen molar-refractivity contribution in [3.8, 4) is 5.75 Å². The molecule has 1 heterocycles. The van der Waals surface area contributed by atoms with Crippen molar-refractivity contribution >= 4 is 43.4 Å². The number of hydrogen-bond acceptors (Lipinski definition) is 3. The van der Waals surface area contributed by atoms with Crippen LogP contribution in [-0.4, -0.2) is 37.5 Å². The molecule has 71 valence electrons. The molecule has 0 atom stereocenters. The van der Waals surface area contributed by atoms with E-state index in [0.717, 1.165) is 22.3 Å². The molecule has 0 spiro atoms. The minimum Gasteiger partial charge on any atom is -0.626 e. The van der Waals surface area contributed by atoms with Gasteiger partial charge in [-0.1, -0.05) is 18.2 Å². The molecule has 0 N–H and O–H groups in total. The molecular weight excluding hydrogens is 220 g/mol. The Morgan fingerprint density at radius 2 is 2.13 bits per heavy atom. The monoisotopic (exact) mass is 228 g/mol. The molecule has 0 amide bonds. The van der Waals surface area contributed by atoms with Crippen LogP contribution in [-0.2, 0) is 2.84 Å². The second-order valence-electron chi connectivity index (χ2n) is 3.13. The number of rotatable bonds is 3. The Kier molecular flexibility index (Phi) is 3.64. The summed E-state index contributed by atoms with van der Waals surface area (Å²) in [5.74, 6) is 0.786. The van der Waals surface area contributed by atoms with Gasteiger partial charge in [0.15, 0.2) is 0 Å². The molecule has 15 heavy (non-hydrogen) atoms. The third-order valence-electron chi connectivity index (χ3n) is 2.05. The topological polar surface area (TPSA) is 31.4 Å². The molecule has 0 aliphatic heterocycles. The SMILES string of the molecule is Cc1ccc2cccc([O][Al][O][Al])c2n1. The predicted octanol–water partition coefficient (Wildman–Crippen LogP) is 1.56. The lowest BCUT2D eigenvalue weighted by Gasteiger charge is -2.08. The Bertz CT molecular complexity index is 476. The summed E-state index contributed by atoms with van der Waals surface area (Å²) in [6.45, 7) is 1.97. The van der Waals surface area contributed by atoms with E-state index in [1.165, 1.54) is 0 Å². The first-order valence-corrected chi connectivity index (χ1v) is 5.93. The van der Waals surface area contributed by atoms with Gasteiger partial charge in [0.25, 0.3) is 0 Å². The van der Waals surface area contributed by atoms with E-state index in [0.29, 0.717) is 0 Å². The molecule has 0 saturated carbocycles. The van der Waals surface area contributed by atoms with Crippen molar-refractivity contribution in [1.29, 1.82) is 0 Å². The van der Waals surface area contributed by atoms with Crippen molar-refractivity contribution in [2.45, 2.75) is 6.92 Å². The number of benzene rings is 1. The molecular formula is C10H8Al2NO2. The van der Waals surface area contributed by atoms with Crippen LogP contribution in [0.15, 0.2) is 30.3 Å². The third kappa shape index (κ3) is 2.52. The minimum absolute atomic E-state index is 0.489. The first-order valence-electron chi connectivity index (χ1n) is 4.51. The van der Waals surface area contributed by atoms with Gasteiger partial charge in [-0.2, -0.15) is 0 Å². The number of nitrogens with zero attached hydrogens (tertiary/aromatic N) is 1. The molecule has 0 aliphatic rings. The van der Waals surface area contributed by atoms with Crippen LogP contribution in [0.1, 0.15) is 5.69 Å². The average molecular weight is 228 g/mol. The maximum atomic E-state index is 5.50. The molecule has 0 bridgehead atoms. The van der Waals surface area contributed by atoms with Crippen LogP contribution in [0, 0.1) is 6.92 Å². The van der Waals surface area contributed by atoms with Gasteiger partial charge in [-0.3, -0.25) is 0 Å². The second-order valence-corrected chi connectivity index (χ2v) is 4.65. The van der Waals surface area contributed by atoms with E-state index in [1.54, 1.807) is 0 Å². The van der Waals surface area contributed by atoms with Crippen LogP contribution >= 0.6 is 0 Å².